The Morgan fingerprint density at radius 3 is 2.29 bits per heavy atom. The summed E-state index contributed by atoms with van der Waals surface area (Å²) in [4.78, 5) is 12.5. The average molecular weight is 354 g/mol. The molecule has 4 heteroatoms. The molecular formula is C17H24BrNO2. The zero-order valence-electron chi connectivity index (χ0n) is 13.0. The minimum atomic E-state index is -0.584. The third kappa shape index (κ3) is 4.00. The molecular weight excluding hydrogens is 330 g/mol. The minimum absolute atomic E-state index is 0.122. The maximum absolute atomic E-state index is 12.5. The van der Waals surface area contributed by atoms with Crippen LogP contribution in [0.4, 0.5) is 5.69 Å². The molecule has 1 aliphatic carbocycles. The lowest BCUT2D eigenvalue weighted by atomic mass is 9.69. The van der Waals surface area contributed by atoms with Crippen LogP contribution in [0.1, 0.15) is 46.5 Å². The van der Waals surface area contributed by atoms with Gasteiger partial charge in [-0.2, -0.15) is 0 Å². The third-order valence-corrected chi connectivity index (χ3v) is 4.88. The lowest BCUT2D eigenvalue weighted by Gasteiger charge is -2.42. The summed E-state index contributed by atoms with van der Waals surface area (Å²) in [6.07, 6.45) is 3.68. The first-order valence-electron chi connectivity index (χ1n) is 7.58. The van der Waals surface area contributed by atoms with E-state index in [2.05, 4.69) is 35.1 Å². The van der Waals surface area contributed by atoms with Crippen LogP contribution in [0.3, 0.4) is 0 Å². The largest absolute Gasteiger partial charge is 0.464 e. The summed E-state index contributed by atoms with van der Waals surface area (Å²) in [5, 5.41) is 3.45. The summed E-state index contributed by atoms with van der Waals surface area (Å²) in [5.41, 5.74) is 0.683. The summed E-state index contributed by atoms with van der Waals surface area (Å²) in [6, 6.07) is 7.94. The molecule has 1 aromatic rings. The van der Waals surface area contributed by atoms with Gasteiger partial charge in [0.25, 0.3) is 0 Å². The van der Waals surface area contributed by atoms with E-state index in [0.717, 1.165) is 35.8 Å². The zero-order valence-corrected chi connectivity index (χ0v) is 14.6. The number of benzene rings is 1. The van der Waals surface area contributed by atoms with Crippen LogP contribution < -0.4 is 5.32 Å². The highest BCUT2D eigenvalue weighted by molar-refractivity contribution is 9.10. The average Bonchev–Trinajstić information content (AvgIpc) is 2.44. The molecule has 0 atom stereocenters. The van der Waals surface area contributed by atoms with Crippen molar-refractivity contribution in [3.8, 4) is 0 Å². The number of rotatable bonds is 4. The number of nitrogens with one attached hydrogen (secondary N) is 1. The van der Waals surface area contributed by atoms with Crippen LogP contribution in [-0.4, -0.2) is 18.1 Å². The monoisotopic (exact) mass is 353 g/mol. The van der Waals surface area contributed by atoms with Gasteiger partial charge in [0.15, 0.2) is 0 Å². The van der Waals surface area contributed by atoms with Gasteiger partial charge < -0.3 is 10.1 Å². The van der Waals surface area contributed by atoms with Gasteiger partial charge in [0.05, 0.1) is 6.61 Å². The first-order chi connectivity index (χ1) is 9.87. The molecule has 1 aromatic carbocycles. The highest BCUT2D eigenvalue weighted by Gasteiger charge is 2.45. The third-order valence-electron chi connectivity index (χ3n) is 4.35. The zero-order chi connectivity index (χ0) is 15.5. The molecule has 0 aliphatic heterocycles. The first-order valence-corrected chi connectivity index (χ1v) is 8.37. The van der Waals surface area contributed by atoms with E-state index in [0.29, 0.717) is 12.0 Å². The fourth-order valence-electron chi connectivity index (χ4n) is 2.81. The van der Waals surface area contributed by atoms with Crippen LogP contribution in [0.5, 0.6) is 0 Å². The lowest BCUT2D eigenvalue weighted by molar-refractivity contribution is -0.150. The van der Waals surface area contributed by atoms with Gasteiger partial charge in [-0.05, 0) is 62.3 Å². The number of hydrogen-bond acceptors (Lipinski definition) is 3. The van der Waals surface area contributed by atoms with Crippen molar-refractivity contribution in [2.24, 2.45) is 5.41 Å². The van der Waals surface area contributed by atoms with E-state index in [1.165, 1.54) is 0 Å². The van der Waals surface area contributed by atoms with E-state index >= 15 is 0 Å². The van der Waals surface area contributed by atoms with Gasteiger partial charge in [-0.15, -0.1) is 0 Å². The Hall–Kier alpha value is -1.03. The van der Waals surface area contributed by atoms with E-state index in [1.807, 2.05) is 31.2 Å². The van der Waals surface area contributed by atoms with Gasteiger partial charge >= 0.3 is 5.97 Å². The topological polar surface area (TPSA) is 38.3 Å². The van der Waals surface area contributed by atoms with Crippen LogP contribution in [0.2, 0.25) is 0 Å². The maximum Gasteiger partial charge on any atom is 0.331 e. The molecule has 1 saturated carbocycles. The van der Waals surface area contributed by atoms with Crippen molar-refractivity contribution in [2.45, 2.75) is 52.0 Å². The summed E-state index contributed by atoms with van der Waals surface area (Å²) in [6.45, 7) is 6.81. The normalized spacial score (nSPS) is 19.8. The molecule has 116 valence electrons. The molecule has 0 unspecified atom stereocenters. The molecule has 0 spiro atoms. The van der Waals surface area contributed by atoms with Gasteiger partial charge in [0.2, 0.25) is 0 Å². The van der Waals surface area contributed by atoms with Crippen LogP contribution in [-0.2, 0) is 9.53 Å². The van der Waals surface area contributed by atoms with Gasteiger partial charge in [0.1, 0.15) is 5.54 Å². The second kappa shape index (κ2) is 6.39. The van der Waals surface area contributed by atoms with Crippen molar-refractivity contribution >= 4 is 27.6 Å². The molecule has 21 heavy (non-hydrogen) atoms. The number of halogens is 1. The fraction of sp³-hybridized carbons (Fsp3) is 0.588. The molecule has 1 N–H and O–H groups in total. The van der Waals surface area contributed by atoms with Crippen LogP contribution in [0.15, 0.2) is 28.7 Å². The number of esters is 1. The smallest absolute Gasteiger partial charge is 0.331 e. The molecule has 0 heterocycles. The Bertz CT molecular complexity index is 486. The van der Waals surface area contributed by atoms with E-state index < -0.39 is 5.54 Å². The lowest BCUT2D eigenvalue weighted by Crippen LogP contribution is -2.51. The molecule has 0 amide bonds. The van der Waals surface area contributed by atoms with Gasteiger partial charge in [-0.3, -0.25) is 0 Å². The van der Waals surface area contributed by atoms with E-state index in [4.69, 9.17) is 4.74 Å². The highest BCUT2D eigenvalue weighted by Crippen LogP contribution is 2.42. The SMILES string of the molecule is CCOC(=O)C1(Nc2ccc(Br)cc2)CCC(C)(C)CC1. The van der Waals surface area contributed by atoms with Crippen molar-refractivity contribution < 1.29 is 9.53 Å². The molecule has 0 saturated heterocycles. The standard InChI is InChI=1S/C17H24BrNO2/c1-4-21-15(20)17(11-9-16(2,3)10-12-17)19-14-7-5-13(18)6-8-14/h5-8,19H,4,9-12H2,1-3H3. The second-order valence-electron chi connectivity index (χ2n) is 6.60. The predicted octanol–water partition coefficient (Wildman–Crippen LogP) is 4.76. The molecule has 0 radical (unpaired) electrons. The Labute approximate surface area is 135 Å². The Morgan fingerprint density at radius 2 is 1.76 bits per heavy atom. The van der Waals surface area contributed by atoms with Crippen molar-refractivity contribution in [3.63, 3.8) is 0 Å². The molecule has 0 aromatic heterocycles. The van der Waals surface area contributed by atoms with Gasteiger partial charge in [0, 0.05) is 10.2 Å². The molecule has 1 fully saturated rings. The number of anilines is 1. The van der Waals surface area contributed by atoms with Crippen molar-refractivity contribution in [1.82, 2.24) is 0 Å². The minimum Gasteiger partial charge on any atom is -0.464 e. The van der Waals surface area contributed by atoms with E-state index in [-0.39, 0.29) is 5.97 Å². The summed E-state index contributed by atoms with van der Waals surface area (Å²) in [5.74, 6) is -0.122. The van der Waals surface area contributed by atoms with Crippen LogP contribution in [0, 0.1) is 5.41 Å². The fourth-order valence-corrected chi connectivity index (χ4v) is 3.08. The molecule has 2 rings (SSSR count). The van der Waals surface area contributed by atoms with Crippen LogP contribution in [0.25, 0.3) is 0 Å². The Morgan fingerprint density at radius 1 is 1.19 bits per heavy atom. The molecule has 3 nitrogen and oxygen atoms in total. The van der Waals surface area contributed by atoms with Crippen molar-refractivity contribution in [2.75, 3.05) is 11.9 Å². The number of carbonyl (C=O) groups excluding carboxylic acids is 1. The van der Waals surface area contributed by atoms with Crippen LogP contribution >= 0.6 is 15.9 Å². The van der Waals surface area contributed by atoms with Gasteiger partial charge in [-0.25, -0.2) is 4.79 Å². The first kappa shape index (κ1) is 16.3. The molecule has 1 aliphatic rings. The van der Waals surface area contributed by atoms with Gasteiger partial charge in [-0.1, -0.05) is 29.8 Å². The van der Waals surface area contributed by atoms with Crippen molar-refractivity contribution in [3.05, 3.63) is 28.7 Å². The maximum atomic E-state index is 12.5. The second-order valence-corrected chi connectivity index (χ2v) is 7.51. The number of hydrogen-bond donors (Lipinski definition) is 1. The Balaban J connectivity index is 2.20. The highest BCUT2D eigenvalue weighted by atomic mass is 79.9. The predicted molar refractivity (Wildman–Crippen MR) is 89.4 cm³/mol. The summed E-state index contributed by atoms with van der Waals surface area (Å²) < 4.78 is 6.37. The summed E-state index contributed by atoms with van der Waals surface area (Å²) in [7, 11) is 0. The molecule has 0 bridgehead atoms. The van der Waals surface area contributed by atoms with E-state index in [1.54, 1.807) is 0 Å². The summed E-state index contributed by atoms with van der Waals surface area (Å²) >= 11 is 3.43. The number of ether oxygens (including phenoxy) is 1. The van der Waals surface area contributed by atoms with E-state index in [9.17, 15) is 4.79 Å². The Kier molecular flexibility index (Phi) is 4.97. The quantitative estimate of drug-likeness (QED) is 0.792. The van der Waals surface area contributed by atoms with Crippen molar-refractivity contribution in [1.29, 1.82) is 0 Å². The number of carbonyl (C=O) groups is 1.